The number of hydrogen-bond acceptors (Lipinski definition) is 4. The van der Waals surface area contributed by atoms with Crippen LogP contribution >= 0.6 is 0 Å². The van der Waals surface area contributed by atoms with Crippen LogP contribution in [0.15, 0.2) is 17.1 Å². The van der Waals surface area contributed by atoms with Gasteiger partial charge in [-0.05, 0) is 18.8 Å². The lowest BCUT2D eigenvalue weighted by molar-refractivity contribution is 0.437. The van der Waals surface area contributed by atoms with Gasteiger partial charge in [-0.2, -0.15) is 10.4 Å². The van der Waals surface area contributed by atoms with Gasteiger partial charge in [0.1, 0.15) is 0 Å². The van der Waals surface area contributed by atoms with Gasteiger partial charge in [-0.15, -0.1) is 0 Å². The van der Waals surface area contributed by atoms with E-state index in [1.54, 1.807) is 12.3 Å². The highest BCUT2D eigenvalue weighted by atomic mass is 16.1. The van der Waals surface area contributed by atoms with Crippen molar-refractivity contribution in [1.29, 1.82) is 5.26 Å². The Morgan fingerprint density at radius 1 is 1.50 bits per heavy atom. The molecule has 0 bridgehead atoms. The van der Waals surface area contributed by atoms with E-state index < -0.39 is 0 Å². The molecule has 0 radical (unpaired) electrons. The van der Waals surface area contributed by atoms with Gasteiger partial charge in [0.15, 0.2) is 0 Å². The van der Waals surface area contributed by atoms with Crippen LogP contribution in [0.1, 0.15) is 26.2 Å². The van der Waals surface area contributed by atoms with Crippen molar-refractivity contribution in [2.45, 2.75) is 32.7 Å². The van der Waals surface area contributed by atoms with E-state index in [2.05, 4.69) is 16.9 Å². The van der Waals surface area contributed by atoms with Crippen LogP contribution in [0.4, 0.5) is 5.69 Å². The minimum Gasteiger partial charge on any atom is -0.370 e. The Balaban J connectivity index is 2.09. The summed E-state index contributed by atoms with van der Waals surface area (Å²) in [6.07, 6.45) is 4.37. The highest BCUT2D eigenvalue weighted by Gasteiger charge is 2.16. The molecule has 0 aromatic carbocycles. The van der Waals surface area contributed by atoms with Crippen LogP contribution in [0.3, 0.4) is 0 Å². The fourth-order valence-corrected chi connectivity index (χ4v) is 2.19. The number of nitriles is 1. The predicted octanol–water partition coefficient (Wildman–Crippen LogP) is 1.39. The maximum atomic E-state index is 11.8. The third-order valence-electron chi connectivity index (χ3n) is 3.44. The van der Waals surface area contributed by atoms with E-state index >= 15 is 0 Å². The molecule has 2 rings (SSSR count). The largest absolute Gasteiger partial charge is 0.370 e. The number of nitrogens with zero attached hydrogens (tertiary/aromatic N) is 4. The SMILES string of the molecule is CC1CCN(c2cnn(CCC#N)c(=O)c2)CC1. The van der Waals surface area contributed by atoms with Crippen LogP contribution in [0, 0.1) is 17.2 Å². The average Bonchev–Trinajstić information content (AvgIpc) is 2.38. The molecule has 0 amide bonds. The predicted molar refractivity (Wildman–Crippen MR) is 69.3 cm³/mol. The van der Waals surface area contributed by atoms with Gasteiger partial charge in [0.05, 0.1) is 30.9 Å². The third kappa shape index (κ3) is 2.89. The van der Waals surface area contributed by atoms with Gasteiger partial charge >= 0.3 is 0 Å². The summed E-state index contributed by atoms with van der Waals surface area (Å²) in [6.45, 7) is 4.61. The zero-order valence-corrected chi connectivity index (χ0v) is 10.7. The minimum absolute atomic E-state index is 0.124. The van der Waals surface area contributed by atoms with E-state index in [4.69, 9.17) is 5.26 Å². The molecule has 1 fully saturated rings. The van der Waals surface area contributed by atoms with E-state index in [0.717, 1.165) is 37.5 Å². The first kappa shape index (κ1) is 12.6. The maximum absolute atomic E-state index is 11.8. The Kier molecular flexibility index (Phi) is 3.98. The normalized spacial score (nSPS) is 16.6. The van der Waals surface area contributed by atoms with Crippen molar-refractivity contribution in [3.05, 3.63) is 22.6 Å². The third-order valence-corrected chi connectivity index (χ3v) is 3.44. The highest BCUT2D eigenvalue weighted by Crippen LogP contribution is 2.20. The lowest BCUT2D eigenvalue weighted by Crippen LogP contribution is -2.34. The van der Waals surface area contributed by atoms with Gasteiger partial charge in [0.2, 0.25) is 0 Å². The Labute approximate surface area is 107 Å². The molecule has 0 saturated carbocycles. The van der Waals surface area contributed by atoms with Gasteiger partial charge in [0, 0.05) is 19.2 Å². The van der Waals surface area contributed by atoms with E-state index in [9.17, 15) is 4.79 Å². The molecular weight excluding hydrogens is 228 g/mol. The second kappa shape index (κ2) is 5.67. The summed E-state index contributed by atoms with van der Waals surface area (Å²) in [5.41, 5.74) is 0.779. The molecule has 18 heavy (non-hydrogen) atoms. The van der Waals surface area contributed by atoms with Crippen LogP contribution in [-0.4, -0.2) is 22.9 Å². The summed E-state index contributed by atoms with van der Waals surface area (Å²) in [7, 11) is 0. The number of piperidine rings is 1. The molecule has 0 N–H and O–H groups in total. The number of aromatic nitrogens is 2. The molecule has 2 heterocycles. The minimum atomic E-state index is -0.124. The summed E-state index contributed by atoms with van der Waals surface area (Å²) in [5.74, 6) is 0.769. The second-order valence-corrected chi connectivity index (χ2v) is 4.85. The summed E-state index contributed by atoms with van der Waals surface area (Å²) < 4.78 is 1.35. The van der Waals surface area contributed by atoms with Gasteiger partial charge in [0.25, 0.3) is 5.56 Å². The van der Waals surface area contributed by atoms with Crippen molar-refractivity contribution in [2.24, 2.45) is 5.92 Å². The first-order valence-corrected chi connectivity index (χ1v) is 6.40. The van der Waals surface area contributed by atoms with Crippen molar-refractivity contribution < 1.29 is 0 Å². The monoisotopic (exact) mass is 246 g/mol. The van der Waals surface area contributed by atoms with Crippen molar-refractivity contribution >= 4 is 5.69 Å². The summed E-state index contributed by atoms with van der Waals surface area (Å²) >= 11 is 0. The van der Waals surface area contributed by atoms with Crippen molar-refractivity contribution in [3.63, 3.8) is 0 Å². The molecule has 0 atom stereocenters. The number of hydrogen-bond donors (Lipinski definition) is 0. The van der Waals surface area contributed by atoms with Crippen LogP contribution in [0.25, 0.3) is 0 Å². The lowest BCUT2D eigenvalue weighted by atomic mass is 9.99. The second-order valence-electron chi connectivity index (χ2n) is 4.85. The smallest absolute Gasteiger partial charge is 0.268 e. The first-order chi connectivity index (χ1) is 8.70. The molecule has 0 spiro atoms. The molecule has 96 valence electrons. The molecule has 5 nitrogen and oxygen atoms in total. The van der Waals surface area contributed by atoms with Crippen LogP contribution in [0.5, 0.6) is 0 Å². The Morgan fingerprint density at radius 2 is 2.22 bits per heavy atom. The fraction of sp³-hybridized carbons (Fsp3) is 0.615. The van der Waals surface area contributed by atoms with Gasteiger partial charge in [-0.3, -0.25) is 4.79 Å². The molecule has 1 aromatic rings. The van der Waals surface area contributed by atoms with Crippen molar-refractivity contribution in [3.8, 4) is 6.07 Å². The average molecular weight is 246 g/mol. The van der Waals surface area contributed by atoms with Crippen molar-refractivity contribution in [1.82, 2.24) is 9.78 Å². The maximum Gasteiger partial charge on any atom is 0.268 e. The molecule has 1 aliphatic heterocycles. The van der Waals surface area contributed by atoms with Gasteiger partial charge < -0.3 is 4.90 Å². The summed E-state index contributed by atoms with van der Waals surface area (Å²) in [6, 6.07) is 3.64. The first-order valence-electron chi connectivity index (χ1n) is 6.40. The molecule has 1 aromatic heterocycles. The zero-order valence-electron chi connectivity index (χ0n) is 10.7. The van der Waals surface area contributed by atoms with E-state index in [0.29, 0.717) is 13.0 Å². The van der Waals surface area contributed by atoms with E-state index in [1.165, 1.54) is 4.68 Å². The van der Waals surface area contributed by atoms with E-state index in [-0.39, 0.29) is 5.56 Å². The summed E-state index contributed by atoms with van der Waals surface area (Å²) in [5, 5.41) is 12.6. The lowest BCUT2D eigenvalue weighted by Gasteiger charge is -2.31. The zero-order chi connectivity index (χ0) is 13.0. The molecular formula is C13H18N4O. The number of rotatable bonds is 3. The quantitative estimate of drug-likeness (QED) is 0.808. The molecule has 0 aliphatic carbocycles. The van der Waals surface area contributed by atoms with Gasteiger partial charge in [-0.25, -0.2) is 4.68 Å². The topological polar surface area (TPSA) is 61.9 Å². The van der Waals surface area contributed by atoms with Crippen molar-refractivity contribution in [2.75, 3.05) is 18.0 Å². The summed E-state index contributed by atoms with van der Waals surface area (Å²) in [4.78, 5) is 14.0. The molecule has 1 saturated heterocycles. The Hall–Kier alpha value is -1.83. The van der Waals surface area contributed by atoms with Crippen LogP contribution in [0.2, 0.25) is 0 Å². The van der Waals surface area contributed by atoms with Crippen LogP contribution in [-0.2, 0) is 6.54 Å². The Bertz CT molecular complexity index is 494. The molecule has 0 unspecified atom stereocenters. The molecule has 1 aliphatic rings. The number of anilines is 1. The molecule has 5 heteroatoms. The Morgan fingerprint density at radius 3 is 2.83 bits per heavy atom. The fourth-order valence-electron chi connectivity index (χ4n) is 2.19. The van der Waals surface area contributed by atoms with E-state index in [1.807, 2.05) is 6.07 Å². The highest BCUT2D eigenvalue weighted by molar-refractivity contribution is 5.43. The van der Waals surface area contributed by atoms with Gasteiger partial charge in [-0.1, -0.05) is 6.92 Å². The number of aryl methyl sites for hydroxylation is 1. The standard InChI is InChI=1S/C13H18N4O/c1-11-3-7-16(8-4-11)12-9-13(18)17(15-10-12)6-2-5-14/h9-11H,2-4,6-8H2,1H3. The van der Waals surface area contributed by atoms with Crippen LogP contribution < -0.4 is 10.5 Å².